The molecule has 176 valence electrons. The average molecular weight is 471 g/mol. The first-order valence-corrected chi connectivity index (χ1v) is 12.7. The number of aryl methyl sites for hydroxylation is 2. The van der Waals surface area contributed by atoms with Crippen molar-refractivity contribution in [2.75, 3.05) is 37.4 Å². The maximum absolute atomic E-state index is 13.0. The number of sulfonamides is 1. The van der Waals surface area contributed by atoms with Crippen LogP contribution in [0.2, 0.25) is 0 Å². The summed E-state index contributed by atoms with van der Waals surface area (Å²) in [6.45, 7) is 6.25. The lowest BCUT2D eigenvalue weighted by Gasteiger charge is -2.34. The molecule has 0 bridgehead atoms. The van der Waals surface area contributed by atoms with E-state index in [-0.39, 0.29) is 16.7 Å². The molecule has 2 amide bonds. The molecular formula is C24H30N4O4S. The summed E-state index contributed by atoms with van der Waals surface area (Å²) in [6, 6.07) is 12.2. The second kappa shape index (κ2) is 9.52. The van der Waals surface area contributed by atoms with Gasteiger partial charge in [0.2, 0.25) is 5.91 Å². The zero-order chi connectivity index (χ0) is 23.6. The van der Waals surface area contributed by atoms with Gasteiger partial charge in [-0.25, -0.2) is 8.42 Å². The van der Waals surface area contributed by atoms with E-state index in [2.05, 4.69) is 14.9 Å². The van der Waals surface area contributed by atoms with Gasteiger partial charge in [-0.1, -0.05) is 18.2 Å². The molecule has 0 unspecified atom stereocenters. The molecule has 2 aromatic rings. The first-order chi connectivity index (χ1) is 15.7. The predicted octanol–water partition coefficient (Wildman–Crippen LogP) is 2.14. The maximum Gasteiger partial charge on any atom is 0.262 e. The number of benzene rings is 2. The second-order valence-electron chi connectivity index (χ2n) is 8.87. The zero-order valence-corrected chi connectivity index (χ0v) is 19.8. The highest BCUT2D eigenvalue weighted by molar-refractivity contribution is 7.92. The highest BCUT2D eigenvalue weighted by atomic mass is 32.2. The molecular weight excluding hydrogens is 440 g/mol. The Morgan fingerprint density at radius 2 is 1.73 bits per heavy atom. The van der Waals surface area contributed by atoms with Crippen LogP contribution in [0.15, 0.2) is 47.4 Å². The molecule has 0 aromatic heterocycles. The Balaban J connectivity index is 1.38. The monoisotopic (exact) mass is 470 g/mol. The van der Waals surface area contributed by atoms with Gasteiger partial charge in [0, 0.05) is 43.5 Å². The third-order valence-corrected chi connectivity index (χ3v) is 7.49. The van der Waals surface area contributed by atoms with E-state index in [0.717, 1.165) is 18.4 Å². The molecule has 0 atom stereocenters. The SMILES string of the molecule is Cc1ccc(C)c(S(=O)(=O)Nc2cccc(C(=O)N3CCN(CC(=O)NC4CC4)CC3)c2)c1. The van der Waals surface area contributed by atoms with Crippen molar-refractivity contribution in [2.45, 2.75) is 37.6 Å². The van der Waals surface area contributed by atoms with Crippen molar-refractivity contribution in [3.63, 3.8) is 0 Å². The summed E-state index contributed by atoms with van der Waals surface area (Å²) in [5, 5.41) is 2.99. The summed E-state index contributed by atoms with van der Waals surface area (Å²) in [5.41, 5.74) is 2.28. The van der Waals surface area contributed by atoms with Gasteiger partial charge >= 0.3 is 0 Å². The number of piperazine rings is 1. The molecule has 2 aliphatic rings. The molecule has 0 radical (unpaired) electrons. The molecule has 1 saturated carbocycles. The molecule has 1 aliphatic carbocycles. The van der Waals surface area contributed by atoms with Gasteiger partial charge in [-0.15, -0.1) is 0 Å². The molecule has 33 heavy (non-hydrogen) atoms. The summed E-state index contributed by atoms with van der Waals surface area (Å²) in [7, 11) is -3.78. The number of hydrogen-bond acceptors (Lipinski definition) is 5. The molecule has 1 aliphatic heterocycles. The van der Waals surface area contributed by atoms with E-state index < -0.39 is 10.0 Å². The third-order valence-electron chi connectivity index (χ3n) is 5.96. The molecule has 2 aromatic carbocycles. The molecule has 4 rings (SSSR count). The summed E-state index contributed by atoms with van der Waals surface area (Å²) in [6.07, 6.45) is 2.13. The smallest absolute Gasteiger partial charge is 0.262 e. The van der Waals surface area contributed by atoms with E-state index in [0.29, 0.717) is 55.6 Å². The van der Waals surface area contributed by atoms with Gasteiger partial charge in [-0.05, 0) is 62.1 Å². The number of nitrogens with one attached hydrogen (secondary N) is 2. The van der Waals surface area contributed by atoms with Crippen LogP contribution in [0.3, 0.4) is 0 Å². The Morgan fingerprint density at radius 3 is 2.42 bits per heavy atom. The van der Waals surface area contributed by atoms with E-state index >= 15 is 0 Å². The molecule has 1 heterocycles. The van der Waals surface area contributed by atoms with Gasteiger partial charge in [0.25, 0.3) is 15.9 Å². The normalized spacial score (nSPS) is 17.0. The lowest BCUT2D eigenvalue weighted by Crippen LogP contribution is -2.51. The van der Waals surface area contributed by atoms with Crippen molar-refractivity contribution in [3.8, 4) is 0 Å². The van der Waals surface area contributed by atoms with Crippen LogP contribution in [-0.2, 0) is 14.8 Å². The highest BCUT2D eigenvalue weighted by Gasteiger charge is 2.27. The zero-order valence-electron chi connectivity index (χ0n) is 19.0. The number of carbonyl (C=O) groups excluding carboxylic acids is 2. The van der Waals surface area contributed by atoms with E-state index in [1.165, 1.54) is 0 Å². The van der Waals surface area contributed by atoms with Crippen molar-refractivity contribution in [1.82, 2.24) is 15.1 Å². The van der Waals surface area contributed by atoms with E-state index in [9.17, 15) is 18.0 Å². The van der Waals surface area contributed by atoms with Gasteiger partial charge in [0.15, 0.2) is 0 Å². The van der Waals surface area contributed by atoms with Gasteiger partial charge in [0.05, 0.1) is 11.4 Å². The maximum atomic E-state index is 13.0. The van der Waals surface area contributed by atoms with E-state index in [1.807, 2.05) is 13.0 Å². The summed E-state index contributed by atoms with van der Waals surface area (Å²) >= 11 is 0. The van der Waals surface area contributed by atoms with Gasteiger partial charge in [-0.3, -0.25) is 19.2 Å². The number of rotatable bonds is 7. The largest absolute Gasteiger partial charge is 0.352 e. The predicted molar refractivity (Wildman–Crippen MR) is 127 cm³/mol. The highest BCUT2D eigenvalue weighted by Crippen LogP contribution is 2.22. The number of anilines is 1. The number of hydrogen-bond donors (Lipinski definition) is 2. The molecule has 0 spiro atoms. The van der Waals surface area contributed by atoms with Crippen LogP contribution in [0.4, 0.5) is 5.69 Å². The van der Waals surface area contributed by atoms with Crippen molar-refractivity contribution >= 4 is 27.5 Å². The Kier molecular flexibility index (Phi) is 6.71. The lowest BCUT2D eigenvalue weighted by atomic mass is 10.1. The Morgan fingerprint density at radius 1 is 1.00 bits per heavy atom. The van der Waals surface area contributed by atoms with Crippen LogP contribution in [0, 0.1) is 13.8 Å². The molecule has 2 N–H and O–H groups in total. The van der Waals surface area contributed by atoms with Gasteiger partial charge in [-0.2, -0.15) is 0 Å². The van der Waals surface area contributed by atoms with Crippen molar-refractivity contribution in [3.05, 3.63) is 59.2 Å². The fraction of sp³-hybridized carbons (Fsp3) is 0.417. The van der Waals surface area contributed by atoms with Gasteiger partial charge in [0.1, 0.15) is 0 Å². The van der Waals surface area contributed by atoms with E-state index in [1.54, 1.807) is 48.2 Å². The summed E-state index contributed by atoms with van der Waals surface area (Å²) < 4.78 is 28.4. The Hall–Kier alpha value is -2.91. The van der Waals surface area contributed by atoms with Crippen LogP contribution in [-0.4, -0.2) is 68.8 Å². The van der Waals surface area contributed by atoms with Crippen molar-refractivity contribution in [2.24, 2.45) is 0 Å². The summed E-state index contributed by atoms with van der Waals surface area (Å²) in [4.78, 5) is 29.0. The minimum absolute atomic E-state index is 0.0427. The Bertz CT molecular complexity index is 1150. The van der Waals surface area contributed by atoms with Crippen LogP contribution in [0.5, 0.6) is 0 Å². The fourth-order valence-corrected chi connectivity index (χ4v) is 5.30. The van der Waals surface area contributed by atoms with Crippen LogP contribution in [0.1, 0.15) is 34.3 Å². The second-order valence-corrected chi connectivity index (χ2v) is 10.5. The molecule has 2 fully saturated rings. The van der Waals surface area contributed by atoms with Gasteiger partial charge < -0.3 is 10.2 Å². The Labute approximate surface area is 195 Å². The average Bonchev–Trinajstić information content (AvgIpc) is 3.59. The first-order valence-electron chi connectivity index (χ1n) is 11.2. The number of nitrogens with zero attached hydrogens (tertiary/aromatic N) is 2. The third kappa shape index (κ3) is 5.91. The molecule has 8 nitrogen and oxygen atoms in total. The fourth-order valence-electron chi connectivity index (χ4n) is 3.92. The topological polar surface area (TPSA) is 98.8 Å². The quantitative estimate of drug-likeness (QED) is 0.646. The molecule has 9 heteroatoms. The minimum atomic E-state index is -3.78. The standard InChI is InChI=1S/C24H30N4O4S/c1-17-6-7-18(2)22(14-17)33(31,32)26-21-5-3-4-19(15-21)24(30)28-12-10-27(11-13-28)16-23(29)25-20-8-9-20/h3-7,14-15,20,26H,8-13,16H2,1-2H3,(H,25,29). The van der Waals surface area contributed by atoms with Crippen molar-refractivity contribution in [1.29, 1.82) is 0 Å². The van der Waals surface area contributed by atoms with E-state index in [4.69, 9.17) is 0 Å². The van der Waals surface area contributed by atoms with Crippen LogP contribution < -0.4 is 10.0 Å². The van der Waals surface area contributed by atoms with Crippen LogP contribution >= 0.6 is 0 Å². The lowest BCUT2D eigenvalue weighted by molar-refractivity contribution is -0.122. The minimum Gasteiger partial charge on any atom is -0.352 e. The van der Waals surface area contributed by atoms with Crippen LogP contribution in [0.25, 0.3) is 0 Å². The first kappa shape index (κ1) is 23.3. The number of amides is 2. The molecule has 1 saturated heterocycles. The summed E-state index contributed by atoms with van der Waals surface area (Å²) in [5.74, 6) is -0.106. The number of carbonyl (C=O) groups is 2. The van der Waals surface area contributed by atoms with Crippen molar-refractivity contribution < 1.29 is 18.0 Å².